The first kappa shape index (κ1) is 17.1. The molecule has 0 radical (unpaired) electrons. The molecule has 0 bridgehead atoms. The van der Waals surface area contributed by atoms with Crippen molar-refractivity contribution in [1.29, 1.82) is 0 Å². The zero-order valence-corrected chi connectivity index (χ0v) is 14.2. The molecule has 114 valence electrons. The molecule has 20 heavy (non-hydrogen) atoms. The summed E-state index contributed by atoms with van der Waals surface area (Å²) in [6.45, 7) is 10.8. The monoisotopic (exact) mass is 297 g/mol. The van der Waals surface area contributed by atoms with Gasteiger partial charge in [0.25, 0.3) is 0 Å². The molecular formula is C15H27N3OS. The van der Waals surface area contributed by atoms with E-state index in [9.17, 15) is 4.79 Å². The number of nitrogens with zero attached hydrogens (tertiary/aromatic N) is 1. The normalized spacial score (nSPS) is 14.9. The summed E-state index contributed by atoms with van der Waals surface area (Å²) in [6, 6.07) is 0.205. The van der Waals surface area contributed by atoms with Crippen LogP contribution >= 0.6 is 11.3 Å². The van der Waals surface area contributed by atoms with Crippen molar-refractivity contribution in [3.05, 3.63) is 11.1 Å². The van der Waals surface area contributed by atoms with Crippen LogP contribution in [-0.4, -0.2) is 17.9 Å². The second-order valence-corrected chi connectivity index (χ2v) is 7.57. The van der Waals surface area contributed by atoms with Crippen molar-refractivity contribution in [3.8, 4) is 0 Å². The molecule has 0 aliphatic heterocycles. The first-order valence-corrected chi connectivity index (χ1v) is 8.02. The lowest BCUT2D eigenvalue weighted by Crippen LogP contribution is -2.19. The summed E-state index contributed by atoms with van der Waals surface area (Å²) in [6.07, 6.45) is 1.59. The lowest BCUT2D eigenvalue weighted by molar-refractivity contribution is -0.117. The molecule has 0 aliphatic carbocycles. The summed E-state index contributed by atoms with van der Waals surface area (Å²) in [5.74, 6) is 0.436. The van der Waals surface area contributed by atoms with Crippen molar-refractivity contribution in [1.82, 2.24) is 10.3 Å². The zero-order valence-electron chi connectivity index (χ0n) is 13.4. The molecule has 5 heteroatoms. The van der Waals surface area contributed by atoms with Crippen molar-refractivity contribution in [2.24, 2.45) is 11.3 Å². The number of anilines is 1. The van der Waals surface area contributed by atoms with E-state index in [-0.39, 0.29) is 17.4 Å². The van der Waals surface area contributed by atoms with Gasteiger partial charge in [0.15, 0.2) is 5.13 Å². The van der Waals surface area contributed by atoms with Crippen LogP contribution in [0.5, 0.6) is 0 Å². The Hall–Kier alpha value is -0.940. The van der Waals surface area contributed by atoms with Crippen molar-refractivity contribution in [3.63, 3.8) is 0 Å². The van der Waals surface area contributed by atoms with Crippen LogP contribution in [-0.2, 0) is 4.79 Å². The molecule has 0 spiro atoms. The molecule has 1 aromatic heterocycles. The van der Waals surface area contributed by atoms with Gasteiger partial charge in [-0.2, -0.15) is 0 Å². The Morgan fingerprint density at radius 1 is 1.40 bits per heavy atom. The lowest BCUT2D eigenvalue weighted by Gasteiger charge is -2.22. The van der Waals surface area contributed by atoms with Crippen molar-refractivity contribution in [2.45, 2.75) is 53.5 Å². The van der Waals surface area contributed by atoms with Crippen LogP contribution in [0.2, 0.25) is 0 Å². The Labute approximate surface area is 126 Å². The summed E-state index contributed by atoms with van der Waals surface area (Å²) in [5.41, 5.74) is 1.23. The highest BCUT2D eigenvalue weighted by Gasteiger charge is 2.18. The smallest absolute Gasteiger partial charge is 0.226 e. The van der Waals surface area contributed by atoms with E-state index in [1.165, 1.54) is 11.3 Å². The molecule has 2 unspecified atom stereocenters. The van der Waals surface area contributed by atoms with Gasteiger partial charge in [0.1, 0.15) is 0 Å². The van der Waals surface area contributed by atoms with E-state index in [4.69, 9.17) is 0 Å². The third-order valence-corrected chi connectivity index (χ3v) is 3.92. The van der Waals surface area contributed by atoms with Crippen LogP contribution in [0.25, 0.3) is 0 Å². The van der Waals surface area contributed by atoms with Gasteiger partial charge in [-0.3, -0.25) is 4.79 Å². The predicted molar refractivity (Wildman–Crippen MR) is 86.1 cm³/mol. The molecule has 0 fully saturated rings. The number of carbonyl (C=O) groups is 1. The highest BCUT2D eigenvalue weighted by molar-refractivity contribution is 7.13. The van der Waals surface area contributed by atoms with E-state index in [1.54, 1.807) is 0 Å². The van der Waals surface area contributed by atoms with Crippen LogP contribution in [0.15, 0.2) is 5.38 Å². The van der Waals surface area contributed by atoms with E-state index in [1.807, 2.05) is 19.4 Å². The van der Waals surface area contributed by atoms with Gasteiger partial charge >= 0.3 is 0 Å². The number of carbonyl (C=O) groups excluding carboxylic acids is 1. The summed E-state index contributed by atoms with van der Waals surface area (Å²) >= 11 is 1.48. The molecule has 4 nitrogen and oxygen atoms in total. The minimum absolute atomic E-state index is 0.0553. The zero-order chi connectivity index (χ0) is 15.3. The van der Waals surface area contributed by atoms with Gasteiger partial charge < -0.3 is 10.6 Å². The van der Waals surface area contributed by atoms with Crippen LogP contribution in [0.4, 0.5) is 5.13 Å². The summed E-state index contributed by atoms with van der Waals surface area (Å²) in [4.78, 5) is 16.4. The first-order valence-electron chi connectivity index (χ1n) is 7.14. The Bertz CT molecular complexity index is 437. The van der Waals surface area contributed by atoms with E-state index < -0.39 is 0 Å². The summed E-state index contributed by atoms with van der Waals surface area (Å²) in [7, 11) is 1.90. The van der Waals surface area contributed by atoms with Crippen molar-refractivity contribution in [2.75, 3.05) is 12.4 Å². The van der Waals surface area contributed by atoms with Crippen LogP contribution < -0.4 is 10.6 Å². The molecule has 0 aliphatic rings. The van der Waals surface area contributed by atoms with Crippen molar-refractivity contribution >= 4 is 22.4 Å². The fourth-order valence-electron chi connectivity index (χ4n) is 2.29. The molecule has 0 aromatic carbocycles. The van der Waals surface area contributed by atoms with Gasteiger partial charge in [0, 0.05) is 17.8 Å². The van der Waals surface area contributed by atoms with Gasteiger partial charge in [0.2, 0.25) is 5.91 Å². The largest absolute Gasteiger partial charge is 0.312 e. The number of amides is 1. The molecule has 0 saturated heterocycles. The molecule has 0 saturated carbocycles. The molecule has 1 aromatic rings. The fraction of sp³-hybridized carbons (Fsp3) is 0.733. The standard InChI is InChI=1S/C15H27N3OS/c1-10(8-15(3,4)5)7-13(19)18-14-17-12(9-20-14)11(2)16-6/h9-11,16H,7-8H2,1-6H3,(H,17,18,19). The van der Waals surface area contributed by atoms with Crippen LogP contribution in [0, 0.1) is 11.3 Å². The maximum Gasteiger partial charge on any atom is 0.226 e. The van der Waals surface area contributed by atoms with E-state index in [2.05, 4.69) is 43.3 Å². The SMILES string of the molecule is CNC(C)c1csc(NC(=O)CC(C)CC(C)(C)C)n1. The van der Waals surface area contributed by atoms with E-state index in [0.717, 1.165) is 12.1 Å². The second-order valence-electron chi connectivity index (χ2n) is 6.71. The first-order chi connectivity index (χ1) is 9.21. The summed E-state index contributed by atoms with van der Waals surface area (Å²) in [5, 5.41) is 8.71. The quantitative estimate of drug-likeness (QED) is 0.839. The van der Waals surface area contributed by atoms with Gasteiger partial charge in [-0.05, 0) is 31.7 Å². The Morgan fingerprint density at radius 3 is 2.60 bits per heavy atom. The van der Waals surface area contributed by atoms with E-state index >= 15 is 0 Å². The van der Waals surface area contributed by atoms with Gasteiger partial charge in [-0.1, -0.05) is 27.7 Å². The number of rotatable bonds is 6. The minimum atomic E-state index is 0.0553. The number of hydrogen-bond acceptors (Lipinski definition) is 4. The second kappa shape index (κ2) is 7.18. The maximum absolute atomic E-state index is 12.0. The molecule has 2 atom stereocenters. The number of hydrogen-bond donors (Lipinski definition) is 2. The lowest BCUT2D eigenvalue weighted by atomic mass is 9.84. The van der Waals surface area contributed by atoms with Gasteiger partial charge in [0.05, 0.1) is 5.69 Å². The number of thiazole rings is 1. The van der Waals surface area contributed by atoms with Gasteiger partial charge in [-0.25, -0.2) is 4.98 Å². The van der Waals surface area contributed by atoms with Gasteiger partial charge in [-0.15, -0.1) is 11.3 Å². The Kier molecular flexibility index (Phi) is 6.14. The summed E-state index contributed by atoms with van der Waals surface area (Å²) < 4.78 is 0. The Morgan fingerprint density at radius 2 is 2.05 bits per heavy atom. The molecule has 1 amide bonds. The molecule has 2 N–H and O–H groups in total. The molecule has 1 rings (SSSR count). The minimum Gasteiger partial charge on any atom is -0.312 e. The topological polar surface area (TPSA) is 54.0 Å². The Balaban J connectivity index is 2.48. The number of nitrogens with one attached hydrogen (secondary N) is 2. The molecular weight excluding hydrogens is 270 g/mol. The van der Waals surface area contributed by atoms with E-state index in [0.29, 0.717) is 17.5 Å². The van der Waals surface area contributed by atoms with Crippen LogP contribution in [0.3, 0.4) is 0 Å². The third-order valence-electron chi connectivity index (χ3n) is 3.14. The highest BCUT2D eigenvalue weighted by atomic mass is 32.1. The third kappa shape index (κ3) is 6.01. The number of aromatic nitrogens is 1. The fourth-order valence-corrected chi connectivity index (χ4v) is 3.11. The maximum atomic E-state index is 12.0. The highest BCUT2D eigenvalue weighted by Crippen LogP contribution is 2.26. The average molecular weight is 297 g/mol. The predicted octanol–water partition coefficient (Wildman–Crippen LogP) is 3.82. The van der Waals surface area contributed by atoms with Crippen molar-refractivity contribution < 1.29 is 4.79 Å². The average Bonchev–Trinajstić information content (AvgIpc) is 2.73. The van der Waals surface area contributed by atoms with Crippen LogP contribution in [0.1, 0.15) is 59.2 Å². The molecule has 1 heterocycles.